The topological polar surface area (TPSA) is 113 Å². The lowest BCUT2D eigenvalue weighted by molar-refractivity contribution is -0.385. The Morgan fingerprint density at radius 3 is 2.54 bits per heavy atom. The summed E-state index contributed by atoms with van der Waals surface area (Å²) in [6, 6.07) is 4.70. The second-order valence-corrected chi connectivity index (χ2v) is 6.19. The first-order chi connectivity index (χ1) is 12.4. The quantitative estimate of drug-likeness (QED) is 0.545. The second kappa shape index (κ2) is 9.14. The van der Waals surface area contributed by atoms with E-state index in [1.54, 1.807) is 24.0 Å². The van der Waals surface area contributed by atoms with E-state index in [-0.39, 0.29) is 36.8 Å². The molecule has 1 N–H and O–H groups in total. The van der Waals surface area contributed by atoms with Gasteiger partial charge in [-0.2, -0.15) is 0 Å². The van der Waals surface area contributed by atoms with Crippen LogP contribution in [0.3, 0.4) is 0 Å². The average molecular weight is 365 g/mol. The molecule has 0 spiro atoms. The number of carboxylic acid groups (broad SMARTS) is 1. The van der Waals surface area contributed by atoms with Crippen LogP contribution in [0.5, 0.6) is 5.75 Å². The maximum Gasteiger partial charge on any atom is 0.311 e. The molecule has 142 valence electrons. The number of rotatable bonds is 8. The molecule has 0 saturated carbocycles. The Hall–Kier alpha value is -2.68. The molecule has 9 heteroatoms. The van der Waals surface area contributed by atoms with E-state index in [1.165, 1.54) is 6.07 Å². The van der Waals surface area contributed by atoms with Crippen LogP contribution in [0.2, 0.25) is 0 Å². The predicted octanol–water partition coefficient (Wildman–Crippen LogP) is 1.29. The lowest BCUT2D eigenvalue weighted by Gasteiger charge is -2.34. The minimum Gasteiger partial charge on any atom is -0.486 e. The fraction of sp³-hybridized carbons (Fsp3) is 0.529. The summed E-state index contributed by atoms with van der Waals surface area (Å²) in [5, 5.41) is 19.8. The van der Waals surface area contributed by atoms with Crippen molar-refractivity contribution in [3.8, 4) is 5.75 Å². The van der Waals surface area contributed by atoms with E-state index < -0.39 is 10.9 Å². The molecule has 1 aromatic rings. The Morgan fingerprint density at radius 2 is 1.92 bits per heavy atom. The maximum atomic E-state index is 12.2. The van der Waals surface area contributed by atoms with E-state index >= 15 is 0 Å². The molecule has 0 unspecified atom stereocenters. The first kappa shape index (κ1) is 19.6. The summed E-state index contributed by atoms with van der Waals surface area (Å²) in [5.74, 6) is -0.740. The molecule has 1 heterocycles. The van der Waals surface area contributed by atoms with E-state index in [4.69, 9.17) is 9.84 Å². The summed E-state index contributed by atoms with van der Waals surface area (Å²) in [6.07, 6.45) is 0.233. The zero-order valence-corrected chi connectivity index (χ0v) is 14.7. The second-order valence-electron chi connectivity index (χ2n) is 6.19. The Labute approximate surface area is 151 Å². The van der Waals surface area contributed by atoms with Crippen molar-refractivity contribution in [2.24, 2.45) is 0 Å². The highest BCUT2D eigenvalue weighted by Crippen LogP contribution is 2.27. The summed E-state index contributed by atoms with van der Waals surface area (Å²) >= 11 is 0. The summed E-state index contributed by atoms with van der Waals surface area (Å²) in [4.78, 5) is 37.1. The molecule has 1 aromatic carbocycles. The van der Waals surface area contributed by atoms with Crippen LogP contribution in [0.25, 0.3) is 0 Å². The van der Waals surface area contributed by atoms with Crippen molar-refractivity contribution in [2.45, 2.75) is 19.8 Å². The van der Waals surface area contributed by atoms with Crippen molar-refractivity contribution in [1.29, 1.82) is 0 Å². The molecule has 1 fully saturated rings. The van der Waals surface area contributed by atoms with Gasteiger partial charge in [0.25, 0.3) is 0 Å². The fourth-order valence-corrected chi connectivity index (χ4v) is 2.77. The van der Waals surface area contributed by atoms with Gasteiger partial charge in [0.2, 0.25) is 5.91 Å². The van der Waals surface area contributed by atoms with Crippen molar-refractivity contribution in [3.05, 3.63) is 33.9 Å². The van der Waals surface area contributed by atoms with Gasteiger partial charge in [-0.3, -0.25) is 24.6 Å². The van der Waals surface area contributed by atoms with Gasteiger partial charge >= 0.3 is 11.7 Å². The van der Waals surface area contributed by atoms with Crippen molar-refractivity contribution in [1.82, 2.24) is 9.80 Å². The first-order valence-electron chi connectivity index (χ1n) is 8.46. The highest BCUT2D eigenvalue weighted by molar-refractivity contribution is 5.76. The van der Waals surface area contributed by atoms with Crippen LogP contribution in [0.1, 0.15) is 18.4 Å². The van der Waals surface area contributed by atoms with Crippen molar-refractivity contribution in [2.75, 3.05) is 39.3 Å². The van der Waals surface area contributed by atoms with E-state index in [2.05, 4.69) is 0 Å². The normalized spacial score (nSPS) is 14.9. The van der Waals surface area contributed by atoms with Gasteiger partial charge in [-0.1, -0.05) is 6.07 Å². The van der Waals surface area contributed by atoms with E-state index in [9.17, 15) is 19.7 Å². The molecular weight excluding hydrogens is 342 g/mol. The molecule has 0 radical (unpaired) electrons. The van der Waals surface area contributed by atoms with Crippen molar-refractivity contribution in [3.63, 3.8) is 0 Å². The smallest absolute Gasteiger partial charge is 0.311 e. The zero-order chi connectivity index (χ0) is 19.1. The number of nitrogens with zero attached hydrogens (tertiary/aromatic N) is 3. The monoisotopic (exact) mass is 365 g/mol. The molecule has 1 amide bonds. The minimum atomic E-state index is -0.828. The molecule has 0 atom stereocenters. The number of benzene rings is 1. The molecule has 1 aliphatic heterocycles. The van der Waals surface area contributed by atoms with Gasteiger partial charge in [0.05, 0.1) is 24.4 Å². The van der Waals surface area contributed by atoms with Crippen LogP contribution in [-0.2, 0) is 9.59 Å². The number of nitro benzene ring substituents is 1. The number of carboxylic acids is 1. The highest BCUT2D eigenvalue weighted by Gasteiger charge is 2.22. The number of ether oxygens (including phenoxy) is 1. The largest absolute Gasteiger partial charge is 0.486 e. The Morgan fingerprint density at radius 1 is 1.23 bits per heavy atom. The highest BCUT2D eigenvalue weighted by atomic mass is 16.6. The van der Waals surface area contributed by atoms with E-state index in [0.29, 0.717) is 32.7 Å². The zero-order valence-electron chi connectivity index (χ0n) is 14.7. The standard InChI is InChI=1S/C17H23N3O6/c1-13-2-3-15(14(12-13)20(24)25)26-11-5-16(21)19-9-7-18(8-10-19)6-4-17(22)23/h2-3,12H,4-11H2,1H3,(H,22,23). The third-order valence-electron chi connectivity index (χ3n) is 4.25. The van der Waals surface area contributed by atoms with Gasteiger partial charge in [0.15, 0.2) is 5.75 Å². The Balaban J connectivity index is 1.76. The van der Waals surface area contributed by atoms with Crippen LogP contribution >= 0.6 is 0 Å². The van der Waals surface area contributed by atoms with E-state index in [0.717, 1.165) is 5.56 Å². The minimum absolute atomic E-state index is 0.0714. The van der Waals surface area contributed by atoms with Crippen LogP contribution in [-0.4, -0.2) is 71.0 Å². The van der Waals surface area contributed by atoms with Gasteiger partial charge < -0.3 is 14.7 Å². The number of aryl methyl sites for hydroxylation is 1. The summed E-state index contributed by atoms with van der Waals surface area (Å²) < 4.78 is 5.44. The molecular formula is C17H23N3O6. The molecule has 0 bridgehead atoms. The van der Waals surface area contributed by atoms with E-state index in [1.807, 2.05) is 4.90 Å². The van der Waals surface area contributed by atoms with Gasteiger partial charge in [-0.05, 0) is 18.6 Å². The predicted molar refractivity (Wildman–Crippen MR) is 93.2 cm³/mol. The summed E-state index contributed by atoms with van der Waals surface area (Å²) in [5.41, 5.74) is 0.658. The maximum absolute atomic E-state index is 12.2. The third kappa shape index (κ3) is 5.69. The number of amides is 1. The summed E-state index contributed by atoms with van der Waals surface area (Å²) in [7, 11) is 0. The molecule has 1 saturated heterocycles. The SMILES string of the molecule is Cc1ccc(OCCC(=O)N2CCN(CCC(=O)O)CC2)c([N+](=O)[O-])c1. The number of hydrogen-bond acceptors (Lipinski definition) is 6. The van der Waals surface area contributed by atoms with Gasteiger partial charge in [0, 0.05) is 38.8 Å². The molecule has 26 heavy (non-hydrogen) atoms. The number of piperazine rings is 1. The van der Waals surface area contributed by atoms with Crippen LogP contribution in [0.4, 0.5) is 5.69 Å². The van der Waals surface area contributed by atoms with Crippen LogP contribution in [0.15, 0.2) is 18.2 Å². The van der Waals surface area contributed by atoms with Gasteiger partial charge in [-0.15, -0.1) is 0 Å². The number of nitro groups is 1. The number of aliphatic carboxylic acids is 1. The fourth-order valence-electron chi connectivity index (χ4n) is 2.77. The Bertz CT molecular complexity index is 670. The van der Waals surface area contributed by atoms with Crippen LogP contribution < -0.4 is 4.74 Å². The number of hydrogen-bond donors (Lipinski definition) is 1. The molecule has 0 aliphatic carbocycles. The lowest BCUT2D eigenvalue weighted by atomic mass is 10.2. The van der Waals surface area contributed by atoms with Gasteiger partial charge in [0.1, 0.15) is 0 Å². The van der Waals surface area contributed by atoms with Crippen molar-refractivity contribution < 1.29 is 24.4 Å². The van der Waals surface area contributed by atoms with Crippen molar-refractivity contribution >= 4 is 17.6 Å². The average Bonchev–Trinajstić information content (AvgIpc) is 2.61. The number of carbonyl (C=O) groups is 2. The van der Waals surface area contributed by atoms with Gasteiger partial charge in [-0.25, -0.2) is 0 Å². The molecule has 0 aromatic heterocycles. The Kier molecular flexibility index (Phi) is 6.90. The molecule has 9 nitrogen and oxygen atoms in total. The third-order valence-corrected chi connectivity index (χ3v) is 4.25. The summed E-state index contributed by atoms with van der Waals surface area (Å²) in [6.45, 7) is 4.69. The van der Waals surface area contributed by atoms with Crippen LogP contribution in [0, 0.1) is 17.0 Å². The molecule has 1 aliphatic rings. The first-order valence-corrected chi connectivity index (χ1v) is 8.46. The molecule has 2 rings (SSSR count). The number of carbonyl (C=O) groups excluding carboxylic acids is 1. The lowest BCUT2D eigenvalue weighted by Crippen LogP contribution is -2.49.